The Bertz CT molecular complexity index is 526. The van der Waals surface area contributed by atoms with Crippen molar-refractivity contribution in [3.63, 3.8) is 0 Å². The van der Waals surface area contributed by atoms with Crippen LogP contribution in [0.15, 0.2) is 40.2 Å². The Morgan fingerprint density at radius 1 is 1.26 bits per heavy atom. The third-order valence-corrected chi connectivity index (χ3v) is 4.95. The standard InChI is InChI=1S/C15H17BrClNS/c1-2-9-18-14(10-11-7-8-15(16)19-11)12-5-3-4-6-13(12)17/h3-8,14,18H,2,9-10H2,1H3. The normalized spacial score (nSPS) is 12.6. The molecule has 1 aromatic heterocycles. The molecular weight excluding hydrogens is 342 g/mol. The van der Waals surface area contributed by atoms with Crippen molar-refractivity contribution in [2.24, 2.45) is 0 Å². The first kappa shape index (κ1) is 15.0. The maximum absolute atomic E-state index is 6.32. The van der Waals surface area contributed by atoms with Crippen molar-refractivity contribution < 1.29 is 0 Å². The van der Waals surface area contributed by atoms with Gasteiger partial charge in [0.15, 0.2) is 0 Å². The van der Waals surface area contributed by atoms with Crippen LogP contribution >= 0.6 is 38.9 Å². The predicted molar refractivity (Wildman–Crippen MR) is 88.2 cm³/mol. The Balaban J connectivity index is 2.18. The Hall–Kier alpha value is -0.350. The van der Waals surface area contributed by atoms with Crippen molar-refractivity contribution in [3.8, 4) is 0 Å². The molecule has 0 radical (unpaired) electrons. The van der Waals surface area contributed by atoms with E-state index in [0.29, 0.717) is 0 Å². The summed E-state index contributed by atoms with van der Waals surface area (Å²) in [6, 6.07) is 12.6. The maximum Gasteiger partial charge on any atom is 0.0701 e. The molecule has 1 atom stereocenters. The molecule has 1 unspecified atom stereocenters. The topological polar surface area (TPSA) is 12.0 Å². The molecule has 1 heterocycles. The van der Waals surface area contributed by atoms with Gasteiger partial charge in [-0.2, -0.15) is 0 Å². The highest BCUT2D eigenvalue weighted by Gasteiger charge is 2.15. The lowest BCUT2D eigenvalue weighted by atomic mass is 10.0. The van der Waals surface area contributed by atoms with Crippen molar-refractivity contribution in [2.45, 2.75) is 25.8 Å². The van der Waals surface area contributed by atoms with Crippen LogP contribution in [0.1, 0.15) is 29.8 Å². The van der Waals surface area contributed by atoms with Crippen LogP contribution in [0, 0.1) is 0 Å². The van der Waals surface area contributed by atoms with Crippen LogP contribution in [0.25, 0.3) is 0 Å². The molecule has 0 amide bonds. The van der Waals surface area contributed by atoms with Crippen LogP contribution in [0.2, 0.25) is 5.02 Å². The smallest absolute Gasteiger partial charge is 0.0701 e. The van der Waals surface area contributed by atoms with Crippen LogP contribution in [0.5, 0.6) is 0 Å². The van der Waals surface area contributed by atoms with Gasteiger partial charge in [0.05, 0.1) is 3.79 Å². The zero-order valence-electron chi connectivity index (χ0n) is 10.8. The van der Waals surface area contributed by atoms with E-state index in [1.807, 2.05) is 18.2 Å². The molecule has 4 heteroatoms. The van der Waals surface area contributed by atoms with E-state index in [-0.39, 0.29) is 6.04 Å². The highest BCUT2D eigenvalue weighted by molar-refractivity contribution is 9.11. The summed E-state index contributed by atoms with van der Waals surface area (Å²) in [6.45, 7) is 3.18. The first-order valence-electron chi connectivity index (χ1n) is 6.42. The molecule has 0 fully saturated rings. The number of nitrogens with one attached hydrogen (secondary N) is 1. The van der Waals surface area contributed by atoms with Crippen LogP contribution in [-0.4, -0.2) is 6.54 Å². The van der Waals surface area contributed by atoms with Gasteiger partial charge in [0.25, 0.3) is 0 Å². The number of benzene rings is 1. The van der Waals surface area contributed by atoms with Crippen molar-refractivity contribution in [3.05, 3.63) is 55.6 Å². The molecule has 1 aromatic carbocycles. The van der Waals surface area contributed by atoms with Crippen molar-refractivity contribution in [1.29, 1.82) is 0 Å². The molecule has 19 heavy (non-hydrogen) atoms. The molecule has 0 bridgehead atoms. The minimum atomic E-state index is 0.277. The van der Waals surface area contributed by atoms with Crippen LogP contribution in [0.4, 0.5) is 0 Å². The molecular formula is C15H17BrClNS. The van der Waals surface area contributed by atoms with Gasteiger partial charge < -0.3 is 5.32 Å². The number of hydrogen-bond acceptors (Lipinski definition) is 2. The number of thiophene rings is 1. The Kier molecular flexibility index (Phi) is 5.89. The van der Waals surface area contributed by atoms with E-state index >= 15 is 0 Å². The van der Waals surface area contributed by atoms with E-state index in [1.54, 1.807) is 11.3 Å². The summed E-state index contributed by atoms with van der Waals surface area (Å²) < 4.78 is 1.18. The highest BCUT2D eigenvalue weighted by Crippen LogP contribution is 2.29. The van der Waals surface area contributed by atoms with Crippen molar-refractivity contribution >= 4 is 38.9 Å². The molecule has 1 N–H and O–H groups in total. The predicted octanol–water partition coefficient (Wildman–Crippen LogP) is 5.45. The second kappa shape index (κ2) is 7.44. The van der Waals surface area contributed by atoms with Gasteiger partial charge in [-0.3, -0.25) is 0 Å². The Morgan fingerprint density at radius 3 is 2.68 bits per heavy atom. The first-order valence-corrected chi connectivity index (χ1v) is 8.41. The fourth-order valence-electron chi connectivity index (χ4n) is 2.03. The van der Waals surface area contributed by atoms with Crippen LogP contribution in [-0.2, 0) is 6.42 Å². The van der Waals surface area contributed by atoms with Gasteiger partial charge >= 0.3 is 0 Å². The van der Waals surface area contributed by atoms with Gasteiger partial charge in [-0.05, 0) is 52.7 Å². The quantitative estimate of drug-likeness (QED) is 0.724. The molecule has 2 aromatic rings. The summed E-state index contributed by atoms with van der Waals surface area (Å²) in [5, 5.41) is 4.43. The second-order valence-electron chi connectivity index (χ2n) is 4.44. The molecule has 0 aliphatic carbocycles. The molecule has 0 saturated carbocycles. The molecule has 0 saturated heterocycles. The molecule has 2 rings (SSSR count). The summed E-state index contributed by atoms with van der Waals surface area (Å²) in [5.41, 5.74) is 1.18. The van der Waals surface area contributed by atoms with E-state index in [2.05, 4.69) is 46.4 Å². The maximum atomic E-state index is 6.32. The van der Waals surface area contributed by atoms with E-state index in [4.69, 9.17) is 11.6 Å². The molecule has 0 aliphatic rings. The van der Waals surface area contributed by atoms with Crippen molar-refractivity contribution in [2.75, 3.05) is 6.54 Å². The monoisotopic (exact) mass is 357 g/mol. The molecule has 0 aliphatic heterocycles. The zero-order valence-corrected chi connectivity index (χ0v) is 14.0. The Labute approximate surface area is 132 Å². The van der Waals surface area contributed by atoms with Gasteiger partial charge in [0.2, 0.25) is 0 Å². The lowest BCUT2D eigenvalue weighted by Gasteiger charge is -2.19. The minimum Gasteiger partial charge on any atom is -0.310 e. The number of rotatable bonds is 6. The summed E-state index contributed by atoms with van der Waals surface area (Å²) in [4.78, 5) is 1.36. The summed E-state index contributed by atoms with van der Waals surface area (Å²) in [7, 11) is 0. The van der Waals surface area contributed by atoms with Gasteiger partial charge in [-0.15, -0.1) is 11.3 Å². The third-order valence-electron chi connectivity index (χ3n) is 2.96. The molecule has 0 spiro atoms. The molecule has 102 valence electrons. The SMILES string of the molecule is CCCNC(Cc1ccc(Br)s1)c1ccccc1Cl. The van der Waals surface area contributed by atoms with Gasteiger partial charge in [0.1, 0.15) is 0 Å². The third kappa shape index (κ3) is 4.32. The fraction of sp³-hybridized carbons (Fsp3) is 0.333. The summed E-state index contributed by atoms with van der Waals surface area (Å²) in [5.74, 6) is 0. The lowest BCUT2D eigenvalue weighted by molar-refractivity contribution is 0.532. The van der Waals surface area contributed by atoms with Gasteiger partial charge in [-0.25, -0.2) is 0 Å². The summed E-state index contributed by atoms with van der Waals surface area (Å²) in [6.07, 6.45) is 2.09. The van der Waals surface area contributed by atoms with Crippen LogP contribution < -0.4 is 5.32 Å². The van der Waals surface area contributed by atoms with Gasteiger partial charge in [-0.1, -0.05) is 36.7 Å². The number of hydrogen-bond donors (Lipinski definition) is 1. The number of halogens is 2. The van der Waals surface area contributed by atoms with Crippen molar-refractivity contribution in [1.82, 2.24) is 5.32 Å². The van der Waals surface area contributed by atoms with E-state index in [9.17, 15) is 0 Å². The lowest BCUT2D eigenvalue weighted by Crippen LogP contribution is -2.24. The summed E-state index contributed by atoms with van der Waals surface area (Å²) >= 11 is 11.6. The van der Waals surface area contributed by atoms with E-state index < -0.39 is 0 Å². The Morgan fingerprint density at radius 2 is 2.05 bits per heavy atom. The van der Waals surface area contributed by atoms with Crippen LogP contribution in [0.3, 0.4) is 0 Å². The van der Waals surface area contributed by atoms with E-state index in [1.165, 1.54) is 14.2 Å². The highest BCUT2D eigenvalue weighted by atomic mass is 79.9. The largest absolute Gasteiger partial charge is 0.310 e. The molecule has 1 nitrogen and oxygen atoms in total. The zero-order chi connectivity index (χ0) is 13.7. The minimum absolute atomic E-state index is 0.277. The van der Waals surface area contributed by atoms with Gasteiger partial charge in [0, 0.05) is 22.4 Å². The van der Waals surface area contributed by atoms with E-state index in [0.717, 1.165) is 24.4 Å². The first-order chi connectivity index (χ1) is 9.20. The average molecular weight is 359 g/mol. The average Bonchev–Trinajstić information content (AvgIpc) is 2.81. The second-order valence-corrected chi connectivity index (χ2v) is 7.39. The fourth-order valence-corrected chi connectivity index (χ4v) is 3.83.